The van der Waals surface area contributed by atoms with E-state index >= 15 is 0 Å². The van der Waals surface area contributed by atoms with Gasteiger partial charge in [0, 0.05) is 6.54 Å². The molecule has 0 fully saturated rings. The van der Waals surface area contributed by atoms with Crippen molar-refractivity contribution in [2.24, 2.45) is 0 Å². The summed E-state index contributed by atoms with van der Waals surface area (Å²) in [6.45, 7) is 6.11. The Labute approximate surface area is 145 Å². The smallest absolute Gasteiger partial charge is 0.278 e. The minimum Gasteiger partial charge on any atom is -0.355 e. The lowest BCUT2D eigenvalue weighted by molar-refractivity contribution is -0.121. The molecule has 0 bridgehead atoms. The van der Waals surface area contributed by atoms with Gasteiger partial charge in [-0.3, -0.25) is 9.59 Å². The van der Waals surface area contributed by atoms with Crippen molar-refractivity contribution in [3.8, 4) is 5.69 Å². The first-order chi connectivity index (χ1) is 12.0. The van der Waals surface area contributed by atoms with Gasteiger partial charge in [-0.1, -0.05) is 25.1 Å². The van der Waals surface area contributed by atoms with Crippen LogP contribution in [0, 0.1) is 13.8 Å². The quantitative estimate of drug-likeness (QED) is 0.767. The number of benzene rings is 1. The molecule has 3 rings (SSSR count). The zero-order valence-corrected chi connectivity index (χ0v) is 14.6. The Balaban J connectivity index is 2.09. The minimum absolute atomic E-state index is 0.0917. The second-order valence-electron chi connectivity index (χ2n) is 5.95. The van der Waals surface area contributed by atoms with E-state index in [1.165, 1.54) is 4.68 Å². The van der Waals surface area contributed by atoms with Gasteiger partial charge >= 0.3 is 0 Å². The number of aromatic nitrogens is 4. The van der Waals surface area contributed by atoms with E-state index < -0.39 is 0 Å². The first kappa shape index (κ1) is 16.9. The van der Waals surface area contributed by atoms with Crippen molar-refractivity contribution in [1.29, 1.82) is 0 Å². The molecule has 2 heterocycles. The number of para-hydroxylation sites is 1. The van der Waals surface area contributed by atoms with E-state index in [4.69, 9.17) is 0 Å². The van der Waals surface area contributed by atoms with Crippen LogP contribution in [-0.2, 0) is 11.3 Å². The number of amides is 1. The molecular weight excluding hydrogens is 318 g/mol. The molecule has 0 atom stereocenters. The van der Waals surface area contributed by atoms with Gasteiger partial charge in [0.2, 0.25) is 5.91 Å². The lowest BCUT2D eigenvalue weighted by Gasteiger charge is -2.07. The van der Waals surface area contributed by atoms with Crippen molar-refractivity contribution in [1.82, 2.24) is 24.9 Å². The summed E-state index contributed by atoms with van der Waals surface area (Å²) in [4.78, 5) is 24.8. The van der Waals surface area contributed by atoms with E-state index in [1.807, 2.05) is 44.2 Å². The summed E-state index contributed by atoms with van der Waals surface area (Å²) >= 11 is 0. The van der Waals surface area contributed by atoms with Crippen LogP contribution >= 0.6 is 0 Å². The fraction of sp³-hybridized carbons (Fsp3) is 0.333. The van der Waals surface area contributed by atoms with Crippen molar-refractivity contribution >= 4 is 16.8 Å². The Bertz CT molecular complexity index is 973. The van der Waals surface area contributed by atoms with Crippen molar-refractivity contribution in [3.63, 3.8) is 0 Å². The van der Waals surface area contributed by atoms with Crippen molar-refractivity contribution < 1.29 is 4.79 Å². The molecule has 1 aromatic carbocycles. The highest BCUT2D eigenvalue weighted by Gasteiger charge is 2.18. The molecular formula is C18H21N5O2. The van der Waals surface area contributed by atoms with Crippen LogP contribution in [0.4, 0.5) is 0 Å². The highest BCUT2D eigenvalue weighted by molar-refractivity contribution is 5.83. The number of hydrogen-bond donors (Lipinski definition) is 1. The molecule has 7 nitrogen and oxygen atoms in total. The number of rotatable bonds is 5. The summed E-state index contributed by atoms with van der Waals surface area (Å²) in [6.07, 6.45) is 0.842. The van der Waals surface area contributed by atoms with E-state index in [0.717, 1.165) is 17.8 Å². The third kappa shape index (κ3) is 3.17. The van der Waals surface area contributed by atoms with Gasteiger partial charge in [-0.2, -0.15) is 10.2 Å². The number of carbonyl (C=O) groups excluding carboxylic acids is 1. The first-order valence-electron chi connectivity index (χ1n) is 8.32. The highest BCUT2D eigenvalue weighted by atomic mass is 16.2. The van der Waals surface area contributed by atoms with E-state index in [-0.39, 0.29) is 18.0 Å². The molecule has 2 aromatic heterocycles. The largest absolute Gasteiger partial charge is 0.355 e. The third-order valence-electron chi connectivity index (χ3n) is 4.04. The molecule has 130 valence electrons. The zero-order chi connectivity index (χ0) is 18.0. The fourth-order valence-corrected chi connectivity index (χ4v) is 2.80. The fourth-order valence-electron chi connectivity index (χ4n) is 2.80. The summed E-state index contributed by atoms with van der Waals surface area (Å²) in [5.74, 6) is -0.219. The molecule has 1 N–H and O–H groups in total. The molecule has 1 amide bonds. The van der Waals surface area contributed by atoms with Crippen LogP contribution < -0.4 is 10.9 Å². The van der Waals surface area contributed by atoms with Gasteiger partial charge in [-0.05, 0) is 32.4 Å². The van der Waals surface area contributed by atoms with Crippen molar-refractivity contribution in [3.05, 3.63) is 52.1 Å². The summed E-state index contributed by atoms with van der Waals surface area (Å²) in [7, 11) is 0. The minimum atomic E-state index is -0.299. The second kappa shape index (κ2) is 6.88. The molecule has 0 unspecified atom stereocenters. The maximum Gasteiger partial charge on any atom is 0.278 e. The molecule has 0 spiro atoms. The molecule has 0 aliphatic rings. The number of aryl methyl sites for hydroxylation is 2. The van der Waals surface area contributed by atoms with Gasteiger partial charge in [0.1, 0.15) is 12.1 Å². The van der Waals surface area contributed by atoms with Crippen LogP contribution in [0.2, 0.25) is 0 Å². The summed E-state index contributed by atoms with van der Waals surface area (Å²) in [6, 6.07) is 9.62. The zero-order valence-electron chi connectivity index (χ0n) is 14.6. The number of fused-ring (bicyclic) bond motifs is 1. The molecule has 25 heavy (non-hydrogen) atoms. The van der Waals surface area contributed by atoms with E-state index in [1.54, 1.807) is 11.6 Å². The predicted molar refractivity (Wildman–Crippen MR) is 95.9 cm³/mol. The van der Waals surface area contributed by atoms with Crippen LogP contribution in [0.3, 0.4) is 0 Å². The average molecular weight is 339 g/mol. The summed E-state index contributed by atoms with van der Waals surface area (Å²) in [5, 5.41) is 12.1. The number of carbonyl (C=O) groups is 1. The van der Waals surface area contributed by atoms with Gasteiger partial charge in [-0.25, -0.2) is 9.36 Å². The molecule has 0 saturated carbocycles. The number of nitrogens with zero attached hydrogens (tertiary/aromatic N) is 4. The monoisotopic (exact) mass is 339 g/mol. The van der Waals surface area contributed by atoms with Crippen LogP contribution in [0.15, 0.2) is 35.1 Å². The van der Waals surface area contributed by atoms with E-state index in [9.17, 15) is 9.59 Å². The SMILES string of the molecule is CCCNC(=O)Cn1nc(C)c2nn(-c3ccccc3)c(C)c2c1=O. The summed E-state index contributed by atoms with van der Waals surface area (Å²) in [5.41, 5.74) is 2.50. The molecule has 3 aromatic rings. The van der Waals surface area contributed by atoms with Gasteiger partial charge in [-0.15, -0.1) is 0 Å². The van der Waals surface area contributed by atoms with Gasteiger partial charge in [0.05, 0.1) is 22.5 Å². The van der Waals surface area contributed by atoms with Crippen LogP contribution in [0.5, 0.6) is 0 Å². The average Bonchev–Trinajstić information content (AvgIpc) is 2.96. The summed E-state index contributed by atoms with van der Waals surface area (Å²) < 4.78 is 2.95. The Kier molecular flexibility index (Phi) is 4.65. The van der Waals surface area contributed by atoms with Crippen LogP contribution in [0.1, 0.15) is 24.7 Å². The maximum atomic E-state index is 12.8. The van der Waals surface area contributed by atoms with E-state index in [0.29, 0.717) is 23.1 Å². The van der Waals surface area contributed by atoms with E-state index in [2.05, 4.69) is 15.5 Å². The molecule has 0 aliphatic heterocycles. The molecule has 0 radical (unpaired) electrons. The van der Waals surface area contributed by atoms with Gasteiger partial charge < -0.3 is 5.32 Å². The Morgan fingerprint density at radius 1 is 1.16 bits per heavy atom. The van der Waals surface area contributed by atoms with Crippen molar-refractivity contribution in [2.45, 2.75) is 33.7 Å². The number of nitrogens with one attached hydrogen (secondary N) is 1. The molecule has 0 aliphatic carbocycles. The van der Waals surface area contributed by atoms with Crippen LogP contribution in [-0.4, -0.2) is 32.0 Å². The normalized spacial score (nSPS) is 11.0. The predicted octanol–water partition coefficient (Wildman–Crippen LogP) is 1.73. The molecule has 0 saturated heterocycles. The first-order valence-corrected chi connectivity index (χ1v) is 8.32. The Morgan fingerprint density at radius 2 is 1.88 bits per heavy atom. The second-order valence-corrected chi connectivity index (χ2v) is 5.95. The number of hydrogen-bond acceptors (Lipinski definition) is 4. The molecule has 7 heteroatoms. The lowest BCUT2D eigenvalue weighted by Crippen LogP contribution is -2.34. The highest BCUT2D eigenvalue weighted by Crippen LogP contribution is 2.19. The third-order valence-corrected chi connectivity index (χ3v) is 4.04. The van der Waals surface area contributed by atoms with Gasteiger partial charge in [0.25, 0.3) is 5.56 Å². The van der Waals surface area contributed by atoms with Gasteiger partial charge in [0.15, 0.2) is 0 Å². The van der Waals surface area contributed by atoms with Crippen molar-refractivity contribution in [2.75, 3.05) is 6.54 Å². The lowest BCUT2D eigenvalue weighted by atomic mass is 10.2. The Hall–Kier alpha value is -2.96. The maximum absolute atomic E-state index is 12.8. The van der Waals surface area contributed by atoms with Crippen LogP contribution in [0.25, 0.3) is 16.6 Å². The Morgan fingerprint density at radius 3 is 2.56 bits per heavy atom. The standard InChI is InChI=1S/C18H21N5O2/c1-4-10-19-15(24)11-22-18(25)16-13(3)23(14-8-6-5-7-9-14)21-17(16)12(2)20-22/h5-9H,4,10-11H2,1-3H3,(H,19,24). The topological polar surface area (TPSA) is 81.8 Å².